The number of nitrogens with two attached hydrogens (primary N) is 1. The van der Waals surface area contributed by atoms with Gasteiger partial charge in [0.2, 0.25) is 0 Å². The van der Waals surface area contributed by atoms with E-state index in [1.807, 2.05) is 0 Å². The second-order valence-corrected chi connectivity index (χ2v) is 2.42. The first-order valence-electron chi connectivity index (χ1n) is 4.79. The van der Waals surface area contributed by atoms with E-state index in [1.54, 1.807) is 0 Å². The molecule has 4 N–H and O–H groups in total. The summed E-state index contributed by atoms with van der Waals surface area (Å²) >= 11 is 0. The van der Waals surface area contributed by atoms with Crippen molar-refractivity contribution in [2.24, 2.45) is 5.72 Å². The quantitative estimate of drug-likeness (QED) is 0.592. The van der Waals surface area contributed by atoms with Crippen LogP contribution in [0.1, 0.15) is 19.9 Å². The molecule has 0 saturated carbocycles. The van der Waals surface area contributed by atoms with E-state index in [9.17, 15) is 4.79 Å². The van der Waals surface area contributed by atoms with Crippen LogP contribution in [-0.4, -0.2) is 27.1 Å². The van der Waals surface area contributed by atoms with Crippen LogP contribution in [0.15, 0.2) is 12.5 Å². The summed E-state index contributed by atoms with van der Waals surface area (Å²) in [6, 6.07) is -2.35. The van der Waals surface area contributed by atoms with Crippen LogP contribution in [0, 0.1) is 0 Å². The molecule has 0 aliphatic heterocycles. The first kappa shape index (κ1) is 5.31. The van der Waals surface area contributed by atoms with E-state index < -0.39 is 17.9 Å². The SMILES string of the molecule is [2H]N([2H])[C@]([2H])(C(=O)O)C(C)c1cnc[nH]1. The Balaban J connectivity index is 3.06. The van der Waals surface area contributed by atoms with Crippen molar-refractivity contribution in [1.29, 1.82) is 0 Å². The van der Waals surface area contributed by atoms with Crippen molar-refractivity contribution in [2.45, 2.75) is 18.9 Å². The monoisotopic (exact) mass is 172 g/mol. The molecule has 66 valence electrons. The van der Waals surface area contributed by atoms with Crippen molar-refractivity contribution in [3.05, 3.63) is 18.2 Å². The van der Waals surface area contributed by atoms with Gasteiger partial charge >= 0.3 is 5.97 Å². The third-order valence-electron chi connectivity index (χ3n) is 1.62. The molecule has 0 aliphatic rings. The number of aromatic nitrogens is 2. The third-order valence-corrected chi connectivity index (χ3v) is 1.62. The van der Waals surface area contributed by atoms with Crippen LogP contribution >= 0.6 is 0 Å². The van der Waals surface area contributed by atoms with E-state index in [4.69, 9.17) is 9.30 Å². The highest BCUT2D eigenvalue weighted by Crippen LogP contribution is 2.14. The summed E-state index contributed by atoms with van der Waals surface area (Å²) in [5, 5.41) is 8.87. The molecule has 0 spiro atoms. The molecule has 2 atom stereocenters. The van der Waals surface area contributed by atoms with Crippen LogP contribution in [0.5, 0.6) is 0 Å². The number of carbonyl (C=O) groups is 1. The average Bonchev–Trinajstić information content (AvgIpc) is 2.67. The number of carboxylic acid groups (broad SMARTS) is 1. The van der Waals surface area contributed by atoms with Crippen molar-refractivity contribution in [3.63, 3.8) is 0 Å². The molecule has 0 amide bonds. The molecule has 5 heteroatoms. The topological polar surface area (TPSA) is 92.0 Å². The molecular formula is C7H11N3O2. The molecule has 0 radical (unpaired) electrons. The van der Waals surface area contributed by atoms with Gasteiger partial charge in [-0.3, -0.25) is 4.79 Å². The van der Waals surface area contributed by atoms with Crippen molar-refractivity contribution >= 4 is 5.97 Å². The fourth-order valence-corrected chi connectivity index (χ4v) is 0.836. The highest BCUT2D eigenvalue weighted by atomic mass is 16.4. The van der Waals surface area contributed by atoms with Crippen LogP contribution < -0.4 is 5.72 Å². The normalized spacial score (nSPS) is 22.0. The Morgan fingerprint density at radius 1 is 2.08 bits per heavy atom. The lowest BCUT2D eigenvalue weighted by atomic mass is 10.0. The van der Waals surface area contributed by atoms with Crippen LogP contribution in [-0.2, 0) is 4.79 Å². The lowest BCUT2D eigenvalue weighted by Crippen LogP contribution is -2.35. The summed E-state index contributed by atoms with van der Waals surface area (Å²) in [5.41, 5.74) is 0.276. The van der Waals surface area contributed by atoms with Crippen molar-refractivity contribution in [1.82, 2.24) is 9.97 Å². The Labute approximate surface area is 73.9 Å². The average molecular weight is 172 g/mol. The zero-order valence-corrected chi connectivity index (χ0v) is 6.48. The standard InChI is InChI=1S/C7H11N3O2/c1-4(6(8)7(11)12)5-2-9-3-10-5/h2-4,6H,8H2,1H3,(H,9,10)(H,11,12)/t4?,6-/m0/s1/i6D/hD2. The van der Waals surface area contributed by atoms with E-state index in [2.05, 4.69) is 9.97 Å². The van der Waals surface area contributed by atoms with Gasteiger partial charge in [0, 0.05) is 17.8 Å². The van der Waals surface area contributed by atoms with Gasteiger partial charge in [-0.2, -0.15) is 0 Å². The zero-order valence-electron chi connectivity index (χ0n) is 9.48. The minimum atomic E-state index is -2.35. The summed E-state index contributed by atoms with van der Waals surface area (Å²) in [6.45, 7) is 1.45. The van der Waals surface area contributed by atoms with Crippen molar-refractivity contribution in [2.75, 3.05) is 0 Å². The van der Waals surface area contributed by atoms with Crippen LogP contribution in [0.4, 0.5) is 0 Å². The number of rotatable bonds is 4. The highest BCUT2D eigenvalue weighted by molar-refractivity contribution is 5.74. The molecule has 12 heavy (non-hydrogen) atoms. The van der Waals surface area contributed by atoms with Gasteiger partial charge in [0.15, 0.2) is 0 Å². The van der Waals surface area contributed by atoms with Gasteiger partial charge in [-0.15, -0.1) is 0 Å². The number of nitrogens with zero attached hydrogens (tertiary/aromatic N) is 1. The van der Waals surface area contributed by atoms with E-state index in [1.165, 1.54) is 19.4 Å². The number of aromatic amines is 1. The molecule has 0 aromatic carbocycles. The Morgan fingerprint density at radius 3 is 3.25 bits per heavy atom. The number of hydrogen-bond acceptors (Lipinski definition) is 3. The predicted molar refractivity (Wildman–Crippen MR) is 42.6 cm³/mol. The molecule has 0 fully saturated rings. The van der Waals surface area contributed by atoms with Gasteiger partial charge in [-0.05, 0) is 0 Å². The Bertz CT molecular complexity index is 343. The van der Waals surface area contributed by atoms with Crippen LogP contribution in [0.25, 0.3) is 0 Å². The molecule has 1 rings (SSSR count). The number of carboxylic acids is 1. The van der Waals surface area contributed by atoms with Gasteiger partial charge in [0.05, 0.1) is 7.70 Å². The second kappa shape index (κ2) is 3.36. The molecular weight excluding hydrogens is 158 g/mol. The van der Waals surface area contributed by atoms with E-state index in [-0.39, 0.29) is 5.72 Å². The molecule has 0 saturated heterocycles. The summed E-state index contributed by atoms with van der Waals surface area (Å²) in [6.07, 6.45) is 2.73. The van der Waals surface area contributed by atoms with Crippen molar-refractivity contribution < 1.29 is 14.1 Å². The maximum atomic E-state index is 10.9. The molecule has 0 aliphatic carbocycles. The first-order valence-corrected chi connectivity index (χ1v) is 3.40. The minimum Gasteiger partial charge on any atom is -0.480 e. The number of nitrogens with one attached hydrogen (secondary N) is 1. The molecule has 1 aromatic heterocycles. The number of H-pyrrole nitrogens is 1. The lowest BCUT2D eigenvalue weighted by molar-refractivity contribution is -0.139. The fraction of sp³-hybridized carbons (Fsp3) is 0.429. The zero-order chi connectivity index (χ0) is 11.6. The smallest absolute Gasteiger partial charge is 0.321 e. The summed E-state index contributed by atoms with van der Waals surface area (Å²) < 4.78 is 21.6. The van der Waals surface area contributed by atoms with E-state index >= 15 is 0 Å². The number of aliphatic carboxylic acids is 1. The van der Waals surface area contributed by atoms with Gasteiger partial charge < -0.3 is 15.8 Å². The molecule has 1 heterocycles. The second-order valence-electron chi connectivity index (χ2n) is 2.42. The number of hydrogen-bond donors (Lipinski definition) is 3. The Morgan fingerprint density at radius 2 is 2.83 bits per heavy atom. The van der Waals surface area contributed by atoms with Crippen molar-refractivity contribution in [3.8, 4) is 0 Å². The molecule has 5 nitrogen and oxygen atoms in total. The Hall–Kier alpha value is -1.36. The summed E-state index contributed by atoms with van der Waals surface area (Å²) in [4.78, 5) is 17.3. The fourth-order valence-electron chi connectivity index (χ4n) is 0.836. The molecule has 1 unspecified atom stereocenters. The van der Waals surface area contributed by atoms with Gasteiger partial charge in [-0.25, -0.2) is 4.98 Å². The van der Waals surface area contributed by atoms with Gasteiger partial charge in [0.25, 0.3) is 0 Å². The largest absolute Gasteiger partial charge is 0.480 e. The predicted octanol–water partition coefficient (Wildman–Crippen LogP) is -0.0749. The summed E-state index contributed by atoms with van der Waals surface area (Å²) in [5.74, 6) is -2.41. The van der Waals surface area contributed by atoms with Gasteiger partial charge in [0.1, 0.15) is 8.84 Å². The van der Waals surface area contributed by atoms with E-state index in [0.29, 0.717) is 5.69 Å². The highest BCUT2D eigenvalue weighted by Gasteiger charge is 2.22. The Kier molecular flexibility index (Phi) is 1.49. The van der Waals surface area contributed by atoms with Crippen LogP contribution in [0.3, 0.4) is 0 Å². The minimum absolute atomic E-state index is 0.124. The van der Waals surface area contributed by atoms with Gasteiger partial charge in [-0.1, -0.05) is 6.92 Å². The van der Waals surface area contributed by atoms with E-state index in [0.717, 1.165) is 0 Å². The maximum absolute atomic E-state index is 10.9. The first-order chi connectivity index (χ1) is 6.90. The number of imidazole rings is 1. The lowest BCUT2D eigenvalue weighted by Gasteiger charge is -2.13. The third kappa shape index (κ3) is 1.62. The molecule has 1 aromatic rings. The maximum Gasteiger partial charge on any atom is 0.321 e. The summed E-state index contributed by atoms with van der Waals surface area (Å²) in [7, 11) is 0. The molecule has 0 bridgehead atoms. The van der Waals surface area contributed by atoms with Crippen LogP contribution in [0.2, 0.25) is 2.82 Å².